The number of carbonyl (C=O) groups is 2. The number of rotatable bonds is 5. The second-order valence-corrected chi connectivity index (χ2v) is 8.24. The molecule has 0 atom stereocenters. The molecule has 0 spiro atoms. The molecule has 1 fully saturated rings. The number of imide groups is 1. The van der Waals surface area contributed by atoms with Crippen LogP contribution in [0.1, 0.15) is 16.7 Å². The average molecular weight is 436 g/mol. The van der Waals surface area contributed by atoms with Crippen LogP contribution in [0.3, 0.4) is 0 Å². The second-order valence-electron chi connectivity index (χ2n) is 6.81. The smallest absolute Gasteiger partial charge is 0.298 e. The molecule has 0 aliphatic carbocycles. The summed E-state index contributed by atoms with van der Waals surface area (Å²) in [5.74, 6) is 0.289. The first-order valence-electron chi connectivity index (χ1n) is 9.32. The number of carbonyl (C=O) groups excluding carboxylic acids is 2. The van der Waals surface area contributed by atoms with Crippen molar-refractivity contribution in [2.45, 2.75) is 13.5 Å². The molecule has 1 saturated heterocycles. The zero-order chi connectivity index (χ0) is 21.1. The molecule has 0 N–H and O–H groups in total. The van der Waals surface area contributed by atoms with Crippen LogP contribution in [0.25, 0.3) is 6.08 Å². The van der Waals surface area contributed by atoms with Crippen LogP contribution in [-0.2, 0) is 11.4 Å². The molecule has 0 saturated carbocycles. The number of benzene rings is 3. The molecule has 0 aromatic heterocycles. The number of hydrogen-bond acceptors (Lipinski definition) is 4. The van der Waals surface area contributed by atoms with Gasteiger partial charge in [-0.1, -0.05) is 59.6 Å². The highest BCUT2D eigenvalue weighted by atomic mass is 35.5. The number of thioether (sulfide) groups is 1. The first kappa shape index (κ1) is 20.3. The maximum absolute atomic E-state index is 12.9. The monoisotopic (exact) mass is 435 g/mol. The molecule has 150 valence electrons. The molecule has 4 nitrogen and oxygen atoms in total. The summed E-state index contributed by atoms with van der Waals surface area (Å²) in [6.45, 7) is 2.45. The molecule has 2 amide bonds. The van der Waals surface area contributed by atoms with Crippen molar-refractivity contribution < 1.29 is 14.3 Å². The van der Waals surface area contributed by atoms with Crippen LogP contribution in [0.15, 0.2) is 77.7 Å². The standard InChI is InChI=1S/C24H18ClNO3S/c1-16-6-8-17(9-7-16)15-29-21-5-3-2-4-18(21)14-22-23(27)26(24(28)30-22)20-12-10-19(25)11-13-20/h2-14H,15H2,1H3/b22-14+. The van der Waals surface area contributed by atoms with Crippen molar-refractivity contribution in [3.63, 3.8) is 0 Å². The highest BCUT2D eigenvalue weighted by Crippen LogP contribution is 2.37. The van der Waals surface area contributed by atoms with Gasteiger partial charge in [-0.2, -0.15) is 0 Å². The zero-order valence-electron chi connectivity index (χ0n) is 16.2. The quantitative estimate of drug-likeness (QED) is 0.431. The first-order chi connectivity index (χ1) is 14.5. The van der Waals surface area contributed by atoms with E-state index in [4.69, 9.17) is 16.3 Å². The van der Waals surface area contributed by atoms with E-state index >= 15 is 0 Å². The number of ether oxygens (including phenoxy) is 1. The Bertz CT molecular complexity index is 1120. The van der Waals surface area contributed by atoms with Gasteiger partial charge in [0.2, 0.25) is 0 Å². The minimum atomic E-state index is -0.360. The highest BCUT2D eigenvalue weighted by molar-refractivity contribution is 8.19. The van der Waals surface area contributed by atoms with Gasteiger partial charge in [0, 0.05) is 10.6 Å². The van der Waals surface area contributed by atoms with E-state index in [9.17, 15) is 9.59 Å². The molecule has 0 bridgehead atoms. The van der Waals surface area contributed by atoms with E-state index in [1.165, 1.54) is 5.56 Å². The lowest BCUT2D eigenvalue weighted by molar-refractivity contribution is -0.113. The normalized spacial score (nSPS) is 15.1. The lowest BCUT2D eigenvalue weighted by Gasteiger charge is -2.12. The average Bonchev–Trinajstić information content (AvgIpc) is 3.02. The number of halogens is 1. The second kappa shape index (κ2) is 8.78. The van der Waals surface area contributed by atoms with Crippen molar-refractivity contribution in [3.05, 3.63) is 99.4 Å². The summed E-state index contributed by atoms with van der Waals surface area (Å²) in [7, 11) is 0. The summed E-state index contributed by atoms with van der Waals surface area (Å²) < 4.78 is 5.98. The number of hydrogen-bond donors (Lipinski definition) is 0. The highest BCUT2D eigenvalue weighted by Gasteiger charge is 2.36. The van der Waals surface area contributed by atoms with Gasteiger partial charge in [0.05, 0.1) is 10.6 Å². The molecule has 3 aromatic carbocycles. The van der Waals surface area contributed by atoms with Crippen LogP contribution in [-0.4, -0.2) is 11.1 Å². The van der Waals surface area contributed by atoms with E-state index in [1.807, 2.05) is 55.5 Å². The Morgan fingerprint density at radius 3 is 2.40 bits per heavy atom. The van der Waals surface area contributed by atoms with Gasteiger partial charge in [-0.15, -0.1) is 0 Å². The predicted octanol–water partition coefficient (Wildman–Crippen LogP) is 6.47. The van der Waals surface area contributed by atoms with Crippen molar-refractivity contribution in [3.8, 4) is 5.75 Å². The van der Waals surface area contributed by atoms with Crippen LogP contribution in [0.5, 0.6) is 5.75 Å². The first-order valence-corrected chi connectivity index (χ1v) is 10.5. The number of para-hydroxylation sites is 1. The predicted molar refractivity (Wildman–Crippen MR) is 122 cm³/mol. The number of aryl methyl sites for hydroxylation is 1. The third-order valence-electron chi connectivity index (χ3n) is 4.60. The van der Waals surface area contributed by atoms with E-state index in [-0.39, 0.29) is 11.1 Å². The summed E-state index contributed by atoms with van der Waals surface area (Å²) in [4.78, 5) is 26.8. The Kier molecular flexibility index (Phi) is 5.93. The number of amides is 2. The molecule has 3 aromatic rings. The van der Waals surface area contributed by atoms with Crippen LogP contribution in [0, 0.1) is 6.92 Å². The summed E-state index contributed by atoms with van der Waals surface area (Å²) in [5.41, 5.74) is 3.48. The van der Waals surface area contributed by atoms with Crippen molar-refractivity contribution in [2.24, 2.45) is 0 Å². The van der Waals surface area contributed by atoms with Crippen LogP contribution < -0.4 is 9.64 Å². The van der Waals surface area contributed by atoms with E-state index in [1.54, 1.807) is 30.3 Å². The third-order valence-corrected chi connectivity index (χ3v) is 5.72. The lowest BCUT2D eigenvalue weighted by Crippen LogP contribution is -2.27. The largest absolute Gasteiger partial charge is 0.488 e. The molecular weight excluding hydrogens is 418 g/mol. The Labute approximate surface area is 184 Å². The SMILES string of the molecule is Cc1ccc(COc2ccccc2/C=C2/SC(=O)N(c3ccc(Cl)cc3)C2=O)cc1. The maximum Gasteiger partial charge on any atom is 0.298 e. The topological polar surface area (TPSA) is 46.6 Å². The maximum atomic E-state index is 12.9. The van der Waals surface area contributed by atoms with Crippen molar-refractivity contribution in [1.29, 1.82) is 0 Å². The molecule has 6 heteroatoms. The van der Waals surface area contributed by atoms with Gasteiger partial charge >= 0.3 is 0 Å². The fourth-order valence-corrected chi connectivity index (χ4v) is 3.96. The number of anilines is 1. The molecule has 0 unspecified atom stereocenters. The zero-order valence-corrected chi connectivity index (χ0v) is 17.7. The van der Waals surface area contributed by atoms with Gasteiger partial charge < -0.3 is 4.74 Å². The van der Waals surface area contributed by atoms with Gasteiger partial charge in [0.1, 0.15) is 12.4 Å². The molecule has 1 heterocycles. The van der Waals surface area contributed by atoms with Crippen molar-refractivity contribution in [2.75, 3.05) is 4.90 Å². The third kappa shape index (κ3) is 4.42. The summed E-state index contributed by atoms with van der Waals surface area (Å²) in [5, 5.41) is 0.201. The van der Waals surface area contributed by atoms with Gasteiger partial charge in [0.15, 0.2) is 0 Å². The summed E-state index contributed by atoms with van der Waals surface area (Å²) in [6.07, 6.45) is 1.70. The molecule has 1 aliphatic heterocycles. The summed E-state index contributed by atoms with van der Waals surface area (Å²) >= 11 is 6.82. The van der Waals surface area contributed by atoms with Gasteiger partial charge in [0.25, 0.3) is 11.1 Å². The van der Waals surface area contributed by atoms with Crippen LogP contribution in [0.4, 0.5) is 10.5 Å². The van der Waals surface area contributed by atoms with Gasteiger partial charge in [-0.05, 0) is 60.7 Å². The van der Waals surface area contributed by atoms with E-state index in [2.05, 4.69) is 0 Å². The van der Waals surface area contributed by atoms with Gasteiger partial charge in [-0.3, -0.25) is 9.59 Å². The van der Waals surface area contributed by atoms with E-state index in [0.29, 0.717) is 28.0 Å². The Morgan fingerprint density at radius 2 is 1.67 bits per heavy atom. The Morgan fingerprint density at radius 1 is 0.967 bits per heavy atom. The van der Waals surface area contributed by atoms with E-state index in [0.717, 1.165) is 27.8 Å². The van der Waals surface area contributed by atoms with Gasteiger partial charge in [-0.25, -0.2) is 4.90 Å². The van der Waals surface area contributed by atoms with Crippen molar-refractivity contribution in [1.82, 2.24) is 0 Å². The minimum absolute atomic E-state index is 0.341. The van der Waals surface area contributed by atoms with E-state index < -0.39 is 0 Å². The Hall–Kier alpha value is -3.02. The molecule has 4 rings (SSSR count). The van der Waals surface area contributed by atoms with Crippen LogP contribution in [0.2, 0.25) is 5.02 Å². The molecular formula is C24H18ClNO3S. The lowest BCUT2D eigenvalue weighted by atomic mass is 10.1. The fourth-order valence-electron chi connectivity index (χ4n) is 3.00. The fraction of sp³-hybridized carbons (Fsp3) is 0.0833. The minimum Gasteiger partial charge on any atom is -0.488 e. The van der Waals surface area contributed by atoms with Crippen molar-refractivity contribution >= 4 is 46.3 Å². The number of nitrogens with zero attached hydrogens (tertiary/aromatic N) is 1. The molecule has 30 heavy (non-hydrogen) atoms. The van der Waals surface area contributed by atoms with Crippen LogP contribution >= 0.6 is 23.4 Å². The summed E-state index contributed by atoms with van der Waals surface area (Å²) in [6, 6.07) is 22.2. The Balaban J connectivity index is 1.56. The molecule has 1 aliphatic rings. The molecule has 0 radical (unpaired) electrons.